The summed E-state index contributed by atoms with van der Waals surface area (Å²) in [7, 11) is 0. The summed E-state index contributed by atoms with van der Waals surface area (Å²) in [5.74, 6) is 0.122. The Kier molecular flexibility index (Phi) is 4.93. The predicted molar refractivity (Wildman–Crippen MR) is 89.1 cm³/mol. The highest BCUT2D eigenvalue weighted by Crippen LogP contribution is 2.36. The summed E-state index contributed by atoms with van der Waals surface area (Å²) in [6, 6.07) is 8.03. The van der Waals surface area contributed by atoms with Crippen molar-refractivity contribution < 1.29 is 9.84 Å². The Bertz CT molecular complexity index is 612. The topological polar surface area (TPSA) is 56.5 Å². The number of rotatable bonds is 3. The van der Waals surface area contributed by atoms with Crippen LogP contribution in [0.4, 0.5) is 0 Å². The summed E-state index contributed by atoms with van der Waals surface area (Å²) in [4.78, 5) is 2.39. The van der Waals surface area contributed by atoms with E-state index in [0.29, 0.717) is 36.3 Å². The molecule has 1 N–H and O–H groups in total. The fourth-order valence-corrected chi connectivity index (χ4v) is 4.06. The Balaban J connectivity index is 1.79. The van der Waals surface area contributed by atoms with Crippen LogP contribution in [0.15, 0.2) is 18.2 Å². The van der Waals surface area contributed by atoms with Crippen LogP contribution >= 0.6 is 11.6 Å². The summed E-state index contributed by atoms with van der Waals surface area (Å²) in [6.45, 7) is 4.88. The van der Waals surface area contributed by atoms with Gasteiger partial charge in [0.05, 0.1) is 23.8 Å². The second kappa shape index (κ2) is 6.78. The largest absolute Gasteiger partial charge is 0.390 e. The van der Waals surface area contributed by atoms with Gasteiger partial charge in [-0.15, -0.1) is 0 Å². The quantitative estimate of drug-likeness (QED) is 0.923. The van der Waals surface area contributed by atoms with Gasteiger partial charge in [0.1, 0.15) is 0 Å². The van der Waals surface area contributed by atoms with E-state index in [1.165, 1.54) is 0 Å². The van der Waals surface area contributed by atoms with Crippen LogP contribution in [0.3, 0.4) is 0 Å². The standard InChI is InChI=1S/C18H23ClN2O2/c1-18(22)6-8-23-12-16(18)17-3-2-7-21(17)11-13-4-5-15(19)9-14(13)10-20/h4-5,9,16-17,22H,2-3,6-8,11-12H2,1H3/t16-,17-,18-/m0/s1. The smallest absolute Gasteiger partial charge is 0.0995 e. The number of likely N-dealkylation sites (tertiary alicyclic amines) is 1. The van der Waals surface area contributed by atoms with Crippen molar-refractivity contribution in [3.8, 4) is 6.07 Å². The lowest BCUT2D eigenvalue weighted by Gasteiger charge is -2.43. The highest BCUT2D eigenvalue weighted by molar-refractivity contribution is 6.30. The van der Waals surface area contributed by atoms with E-state index in [1.54, 1.807) is 6.07 Å². The molecule has 1 aromatic carbocycles. The molecule has 0 saturated carbocycles. The van der Waals surface area contributed by atoms with Crippen molar-refractivity contribution in [2.75, 3.05) is 19.8 Å². The molecule has 3 rings (SSSR count). The molecule has 2 saturated heterocycles. The third-order valence-electron chi connectivity index (χ3n) is 5.29. The van der Waals surface area contributed by atoms with Gasteiger partial charge < -0.3 is 9.84 Å². The fourth-order valence-electron chi connectivity index (χ4n) is 3.89. The molecule has 2 fully saturated rings. The first kappa shape index (κ1) is 16.7. The second-order valence-electron chi connectivity index (χ2n) is 6.88. The zero-order valence-corrected chi connectivity index (χ0v) is 14.2. The number of benzene rings is 1. The molecule has 0 spiro atoms. The summed E-state index contributed by atoms with van der Waals surface area (Å²) in [5.41, 5.74) is 0.957. The van der Waals surface area contributed by atoms with Gasteiger partial charge in [-0.2, -0.15) is 5.26 Å². The third-order valence-corrected chi connectivity index (χ3v) is 5.53. The van der Waals surface area contributed by atoms with Gasteiger partial charge in [-0.25, -0.2) is 0 Å². The van der Waals surface area contributed by atoms with Gasteiger partial charge >= 0.3 is 0 Å². The average Bonchev–Trinajstić information content (AvgIpc) is 2.96. The molecule has 0 bridgehead atoms. The van der Waals surface area contributed by atoms with Crippen LogP contribution in [-0.2, 0) is 11.3 Å². The van der Waals surface area contributed by atoms with E-state index in [1.807, 2.05) is 19.1 Å². The summed E-state index contributed by atoms with van der Waals surface area (Å²) in [5, 5.41) is 20.7. The minimum absolute atomic E-state index is 0.122. The lowest BCUT2D eigenvalue weighted by molar-refractivity contribution is -0.123. The second-order valence-corrected chi connectivity index (χ2v) is 7.32. The van der Waals surface area contributed by atoms with E-state index in [9.17, 15) is 10.4 Å². The molecular formula is C18H23ClN2O2. The molecule has 0 aromatic heterocycles. The molecule has 0 unspecified atom stereocenters. The Labute approximate surface area is 142 Å². The van der Waals surface area contributed by atoms with E-state index in [0.717, 1.165) is 31.5 Å². The molecule has 2 heterocycles. The highest BCUT2D eigenvalue weighted by atomic mass is 35.5. The van der Waals surface area contributed by atoms with Crippen LogP contribution in [0.1, 0.15) is 37.3 Å². The molecule has 5 heteroatoms. The van der Waals surface area contributed by atoms with E-state index >= 15 is 0 Å². The fraction of sp³-hybridized carbons (Fsp3) is 0.611. The maximum atomic E-state index is 10.7. The Morgan fingerprint density at radius 3 is 3.09 bits per heavy atom. The van der Waals surface area contributed by atoms with Crippen LogP contribution < -0.4 is 0 Å². The van der Waals surface area contributed by atoms with Gasteiger partial charge in [-0.05, 0) is 50.4 Å². The van der Waals surface area contributed by atoms with Crippen molar-refractivity contribution in [3.63, 3.8) is 0 Å². The third kappa shape index (κ3) is 3.54. The first-order valence-electron chi connectivity index (χ1n) is 8.24. The van der Waals surface area contributed by atoms with E-state index < -0.39 is 5.60 Å². The zero-order chi connectivity index (χ0) is 16.4. The SMILES string of the molecule is C[C@]1(O)CCOC[C@H]1[C@@H]1CCCN1Cc1ccc(Cl)cc1C#N. The minimum atomic E-state index is -0.677. The Morgan fingerprint density at radius 1 is 1.52 bits per heavy atom. The summed E-state index contributed by atoms with van der Waals surface area (Å²) >= 11 is 5.99. The number of nitrogens with zero attached hydrogens (tertiary/aromatic N) is 2. The van der Waals surface area contributed by atoms with Gasteiger partial charge in [-0.1, -0.05) is 17.7 Å². The number of nitriles is 1. The number of hydrogen-bond acceptors (Lipinski definition) is 4. The van der Waals surface area contributed by atoms with Gasteiger partial charge in [0.2, 0.25) is 0 Å². The minimum Gasteiger partial charge on any atom is -0.390 e. The average molecular weight is 335 g/mol. The van der Waals surface area contributed by atoms with Crippen LogP contribution in [0.25, 0.3) is 0 Å². The zero-order valence-electron chi connectivity index (χ0n) is 13.5. The van der Waals surface area contributed by atoms with Crippen LogP contribution in [0, 0.1) is 17.2 Å². The van der Waals surface area contributed by atoms with Gasteiger partial charge in [-0.3, -0.25) is 4.90 Å². The number of hydrogen-bond donors (Lipinski definition) is 1. The molecular weight excluding hydrogens is 312 g/mol. The number of aliphatic hydroxyl groups is 1. The van der Waals surface area contributed by atoms with Crippen LogP contribution in [0.2, 0.25) is 5.02 Å². The van der Waals surface area contributed by atoms with E-state index in [2.05, 4.69) is 11.0 Å². The van der Waals surface area contributed by atoms with Crippen molar-refractivity contribution in [1.82, 2.24) is 4.90 Å². The molecule has 4 nitrogen and oxygen atoms in total. The molecule has 3 atom stereocenters. The normalized spacial score (nSPS) is 31.9. The van der Waals surface area contributed by atoms with Gasteiger partial charge in [0, 0.05) is 30.1 Å². The molecule has 1 aromatic rings. The molecule has 0 amide bonds. The molecule has 124 valence electrons. The molecule has 0 aliphatic carbocycles. The monoisotopic (exact) mass is 334 g/mol. The number of ether oxygens (including phenoxy) is 1. The highest BCUT2D eigenvalue weighted by Gasteiger charge is 2.44. The lowest BCUT2D eigenvalue weighted by atomic mass is 9.79. The maximum Gasteiger partial charge on any atom is 0.0995 e. The lowest BCUT2D eigenvalue weighted by Crippen LogP contribution is -2.52. The van der Waals surface area contributed by atoms with Crippen molar-refractivity contribution >= 4 is 11.6 Å². The molecule has 2 aliphatic heterocycles. The van der Waals surface area contributed by atoms with Crippen LogP contribution in [0.5, 0.6) is 0 Å². The van der Waals surface area contributed by atoms with E-state index in [4.69, 9.17) is 16.3 Å². The molecule has 2 aliphatic rings. The van der Waals surface area contributed by atoms with Gasteiger partial charge in [0.15, 0.2) is 0 Å². The predicted octanol–water partition coefficient (Wildman–Crippen LogP) is 2.96. The number of halogens is 1. The Morgan fingerprint density at radius 2 is 2.35 bits per heavy atom. The molecule has 23 heavy (non-hydrogen) atoms. The molecule has 0 radical (unpaired) electrons. The summed E-state index contributed by atoms with van der Waals surface area (Å²) in [6.07, 6.45) is 2.87. The van der Waals surface area contributed by atoms with E-state index in [-0.39, 0.29) is 5.92 Å². The first-order valence-corrected chi connectivity index (χ1v) is 8.62. The van der Waals surface area contributed by atoms with Crippen molar-refractivity contribution in [3.05, 3.63) is 34.3 Å². The Hall–Kier alpha value is -1.12. The maximum absolute atomic E-state index is 10.7. The van der Waals surface area contributed by atoms with Gasteiger partial charge in [0.25, 0.3) is 0 Å². The van der Waals surface area contributed by atoms with Crippen molar-refractivity contribution in [2.24, 2.45) is 5.92 Å². The summed E-state index contributed by atoms with van der Waals surface area (Å²) < 4.78 is 5.63. The van der Waals surface area contributed by atoms with Crippen molar-refractivity contribution in [1.29, 1.82) is 5.26 Å². The first-order chi connectivity index (χ1) is 11.0. The van der Waals surface area contributed by atoms with Crippen LogP contribution in [-0.4, -0.2) is 41.4 Å². The van der Waals surface area contributed by atoms with Crippen molar-refractivity contribution in [2.45, 2.75) is 44.4 Å².